The first-order chi connectivity index (χ1) is 16.3. The Labute approximate surface area is 205 Å². The van der Waals surface area contributed by atoms with Crippen LogP contribution < -0.4 is 9.64 Å². The van der Waals surface area contributed by atoms with E-state index in [-0.39, 0.29) is 24.9 Å². The second kappa shape index (κ2) is 8.57. The monoisotopic (exact) mass is 501 g/mol. The molecule has 2 saturated heterocycles. The van der Waals surface area contributed by atoms with E-state index in [0.29, 0.717) is 29.4 Å². The Morgan fingerprint density at radius 2 is 2.21 bits per heavy atom. The average Bonchev–Trinajstić information content (AvgIpc) is 3.44. The summed E-state index contributed by atoms with van der Waals surface area (Å²) in [4.78, 5) is 35.5. The second-order valence-electron chi connectivity index (χ2n) is 9.07. The highest BCUT2D eigenvalue weighted by Crippen LogP contribution is 2.59. The van der Waals surface area contributed by atoms with Crippen LogP contribution >= 0.6 is 22.9 Å². The molecular weight excluding hydrogens is 478 g/mol. The van der Waals surface area contributed by atoms with Gasteiger partial charge in [-0.2, -0.15) is 0 Å². The van der Waals surface area contributed by atoms with Crippen molar-refractivity contribution < 1.29 is 24.2 Å². The molecule has 2 unspecified atom stereocenters. The zero-order valence-electron chi connectivity index (χ0n) is 18.7. The highest BCUT2D eigenvalue weighted by Gasteiger charge is 2.70. The molecule has 10 heteroatoms. The topological polar surface area (TPSA) is 102 Å². The SMILES string of the molecule is C[C@H]1[C@@H](C(=O)N(C=O)c2ccc3ncsc3c2)C2(CCOc3ccc(Cl)cn3)C[C@@H](O)C1(C)O2. The number of benzene rings is 1. The Bertz CT molecular complexity index is 1240. The number of carbonyl (C=O) groups is 2. The number of amides is 2. The Hall–Kier alpha value is -2.59. The molecule has 1 N–H and O–H groups in total. The lowest BCUT2D eigenvalue weighted by Crippen LogP contribution is -2.53. The van der Waals surface area contributed by atoms with Crippen molar-refractivity contribution in [3.63, 3.8) is 0 Å². The minimum atomic E-state index is -0.965. The Morgan fingerprint density at radius 1 is 1.38 bits per heavy atom. The van der Waals surface area contributed by atoms with Crippen molar-refractivity contribution >= 4 is 51.2 Å². The maximum Gasteiger partial charge on any atom is 0.239 e. The van der Waals surface area contributed by atoms with Gasteiger partial charge < -0.3 is 14.6 Å². The molecule has 2 bridgehead atoms. The number of aliphatic hydroxyl groups is 1. The third-order valence-corrected chi connectivity index (χ3v) is 8.29. The zero-order chi connectivity index (χ0) is 24.1. The molecule has 3 aromatic rings. The molecule has 0 radical (unpaired) electrons. The summed E-state index contributed by atoms with van der Waals surface area (Å²) in [5, 5.41) is 11.3. The summed E-state index contributed by atoms with van der Waals surface area (Å²) in [6, 6.07) is 8.64. The van der Waals surface area contributed by atoms with E-state index in [1.807, 2.05) is 13.8 Å². The summed E-state index contributed by atoms with van der Waals surface area (Å²) in [5.41, 5.74) is 1.15. The van der Waals surface area contributed by atoms with Gasteiger partial charge in [-0.05, 0) is 31.2 Å². The van der Waals surface area contributed by atoms with Crippen LogP contribution in [0.2, 0.25) is 5.02 Å². The van der Waals surface area contributed by atoms with Crippen LogP contribution in [0.25, 0.3) is 10.2 Å². The van der Waals surface area contributed by atoms with Gasteiger partial charge in [-0.3, -0.25) is 14.5 Å². The van der Waals surface area contributed by atoms with Crippen molar-refractivity contribution in [1.29, 1.82) is 0 Å². The van der Waals surface area contributed by atoms with Gasteiger partial charge in [-0.15, -0.1) is 11.3 Å². The summed E-state index contributed by atoms with van der Waals surface area (Å²) < 4.78 is 13.1. The van der Waals surface area contributed by atoms with Gasteiger partial charge in [0.05, 0.1) is 56.3 Å². The molecule has 2 fully saturated rings. The Kier molecular flexibility index (Phi) is 5.84. The number of thiazole rings is 1. The van der Waals surface area contributed by atoms with Gasteiger partial charge in [0.25, 0.3) is 0 Å². The summed E-state index contributed by atoms with van der Waals surface area (Å²) in [6.45, 7) is 3.94. The summed E-state index contributed by atoms with van der Waals surface area (Å²) >= 11 is 7.32. The molecule has 5 atom stereocenters. The largest absolute Gasteiger partial charge is 0.478 e. The van der Waals surface area contributed by atoms with Gasteiger partial charge in [-0.25, -0.2) is 9.97 Å². The number of hydrogen-bond acceptors (Lipinski definition) is 8. The fourth-order valence-electron chi connectivity index (χ4n) is 5.36. The van der Waals surface area contributed by atoms with Crippen LogP contribution in [0.5, 0.6) is 5.88 Å². The summed E-state index contributed by atoms with van der Waals surface area (Å²) in [7, 11) is 0. The predicted octanol–water partition coefficient (Wildman–Crippen LogP) is 3.85. The molecule has 178 valence electrons. The van der Waals surface area contributed by atoms with E-state index < -0.39 is 23.2 Å². The molecule has 8 nitrogen and oxygen atoms in total. The number of rotatable bonds is 7. The lowest BCUT2D eigenvalue weighted by Gasteiger charge is -2.39. The summed E-state index contributed by atoms with van der Waals surface area (Å²) in [5.74, 6) is -0.896. The number of fused-ring (bicyclic) bond motifs is 3. The minimum absolute atomic E-state index is 0.224. The maximum absolute atomic E-state index is 13.8. The first kappa shape index (κ1) is 23.2. The fraction of sp³-hybridized carbons (Fsp3) is 0.417. The molecule has 1 aromatic carbocycles. The van der Waals surface area contributed by atoms with Gasteiger partial charge in [0, 0.05) is 31.0 Å². The number of pyridine rings is 1. The van der Waals surface area contributed by atoms with Gasteiger partial charge in [-0.1, -0.05) is 18.5 Å². The normalized spacial score (nSPS) is 29.9. The predicted molar refractivity (Wildman–Crippen MR) is 128 cm³/mol. The van der Waals surface area contributed by atoms with Crippen molar-refractivity contribution in [3.05, 3.63) is 47.1 Å². The van der Waals surface area contributed by atoms with E-state index in [1.165, 1.54) is 17.5 Å². The van der Waals surface area contributed by atoms with Crippen molar-refractivity contribution in [2.45, 2.75) is 44.0 Å². The van der Waals surface area contributed by atoms with E-state index in [9.17, 15) is 14.7 Å². The van der Waals surface area contributed by atoms with Gasteiger partial charge in [0.1, 0.15) is 0 Å². The number of carbonyl (C=O) groups excluding carboxylic acids is 2. The van der Waals surface area contributed by atoms with Crippen molar-refractivity contribution in [1.82, 2.24) is 9.97 Å². The molecule has 2 aromatic heterocycles. The van der Waals surface area contributed by atoms with Crippen molar-refractivity contribution in [2.75, 3.05) is 11.5 Å². The standard InChI is InChI=1S/C24H24ClN3O5S/c1-14-21(22(31)28(13-29)16-4-5-17-18(9-16)34-12-27-17)24(10-19(30)23(14,2)33-24)7-8-32-20-6-3-15(25)11-26-20/h3-6,9,11-14,19,21,30H,7-8,10H2,1-2H3/t14-,19+,21-,23?,24?/m0/s1. The summed E-state index contributed by atoms with van der Waals surface area (Å²) in [6.07, 6.45) is 1.95. The molecular formula is C24H24ClN3O5S. The van der Waals surface area contributed by atoms with Crippen LogP contribution in [0.3, 0.4) is 0 Å². The maximum atomic E-state index is 13.8. The quantitative estimate of drug-likeness (QED) is 0.490. The molecule has 2 amide bonds. The molecule has 0 saturated carbocycles. The van der Waals surface area contributed by atoms with Crippen LogP contribution in [0.4, 0.5) is 5.69 Å². The van der Waals surface area contributed by atoms with E-state index in [0.717, 1.165) is 15.1 Å². The first-order valence-electron chi connectivity index (χ1n) is 11.0. The molecule has 4 heterocycles. The third-order valence-electron chi connectivity index (χ3n) is 7.27. The van der Waals surface area contributed by atoms with Crippen LogP contribution in [0, 0.1) is 11.8 Å². The van der Waals surface area contributed by atoms with Crippen LogP contribution in [0.1, 0.15) is 26.7 Å². The van der Waals surface area contributed by atoms with Gasteiger partial charge in [0.15, 0.2) is 0 Å². The third kappa shape index (κ3) is 3.67. The zero-order valence-corrected chi connectivity index (χ0v) is 20.3. The smallest absolute Gasteiger partial charge is 0.239 e. The van der Waals surface area contributed by atoms with Gasteiger partial charge >= 0.3 is 0 Å². The molecule has 0 spiro atoms. The van der Waals surface area contributed by atoms with E-state index in [1.54, 1.807) is 35.8 Å². The molecule has 0 aliphatic carbocycles. The fourth-order valence-corrected chi connectivity index (χ4v) is 6.18. The molecule has 2 aliphatic heterocycles. The number of imide groups is 1. The van der Waals surface area contributed by atoms with Gasteiger partial charge in [0.2, 0.25) is 18.2 Å². The van der Waals surface area contributed by atoms with Crippen molar-refractivity contribution in [3.8, 4) is 5.88 Å². The highest BCUT2D eigenvalue weighted by molar-refractivity contribution is 7.16. The molecule has 5 rings (SSSR count). The molecule has 2 aliphatic rings. The van der Waals surface area contributed by atoms with E-state index in [4.69, 9.17) is 21.1 Å². The number of aliphatic hydroxyl groups excluding tert-OH is 1. The Balaban J connectivity index is 1.42. The van der Waals surface area contributed by atoms with Crippen molar-refractivity contribution in [2.24, 2.45) is 11.8 Å². The average molecular weight is 502 g/mol. The lowest BCUT2D eigenvalue weighted by atomic mass is 9.65. The molecule has 34 heavy (non-hydrogen) atoms. The van der Waals surface area contributed by atoms with E-state index >= 15 is 0 Å². The van der Waals surface area contributed by atoms with Crippen LogP contribution in [-0.2, 0) is 14.3 Å². The number of hydrogen-bond donors (Lipinski definition) is 1. The minimum Gasteiger partial charge on any atom is -0.478 e. The Morgan fingerprint density at radius 3 is 2.94 bits per heavy atom. The van der Waals surface area contributed by atoms with Crippen LogP contribution in [-0.4, -0.2) is 51.3 Å². The number of nitrogens with zero attached hydrogens (tertiary/aromatic N) is 3. The lowest BCUT2D eigenvalue weighted by molar-refractivity contribution is -0.131. The second-order valence-corrected chi connectivity index (χ2v) is 10.4. The number of aromatic nitrogens is 2. The highest BCUT2D eigenvalue weighted by atomic mass is 35.5. The first-order valence-corrected chi connectivity index (χ1v) is 12.3. The number of ether oxygens (including phenoxy) is 2. The number of anilines is 1. The van der Waals surface area contributed by atoms with Crippen LogP contribution in [0.15, 0.2) is 42.0 Å². The number of halogens is 1. The van der Waals surface area contributed by atoms with E-state index in [2.05, 4.69) is 9.97 Å².